The summed E-state index contributed by atoms with van der Waals surface area (Å²) in [5, 5.41) is 16.6. The summed E-state index contributed by atoms with van der Waals surface area (Å²) < 4.78 is 0. The molecule has 0 unspecified atom stereocenters. The first-order chi connectivity index (χ1) is 5.59. The van der Waals surface area contributed by atoms with E-state index in [1.807, 2.05) is 5.92 Å². The molecule has 0 aromatic carbocycles. The van der Waals surface area contributed by atoms with Crippen LogP contribution < -0.4 is 0 Å². The van der Waals surface area contributed by atoms with Crippen molar-refractivity contribution in [1.29, 1.82) is 0 Å². The second-order valence-corrected chi connectivity index (χ2v) is 1.75. The van der Waals surface area contributed by atoms with Gasteiger partial charge in [-0.2, -0.15) is 0 Å². The van der Waals surface area contributed by atoms with Crippen LogP contribution in [0.1, 0.15) is 6.92 Å². The van der Waals surface area contributed by atoms with Crippen LogP contribution in [0.3, 0.4) is 0 Å². The number of carboxylic acid groups (broad SMARTS) is 2. The first-order valence-corrected chi connectivity index (χ1v) is 2.97. The van der Waals surface area contributed by atoms with Gasteiger partial charge in [0.15, 0.2) is 0 Å². The fraction of sp³-hybridized carbons (Fsp3) is 0.250. The van der Waals surface area contributed by atoms with E-state index in [1.54, 1.807) is 0 Å². The first kappa shape index (κ1) is 10.1. The van der Waals surface area contributed by atoms with Gasteiger partial charge in [0, 0.05) is 0 Å². The monoisotopic (exact) mass is 166 g/mol. The summed E-state index contributed by atoms with van der Waals surface area (Å²) >= 11 is 0. The quantitative estimate of drug-likeness (QED) is 0.440. The maximum Gasteiger partial charge on any atom is 0.330 e. The van der Waals surface area contributed by atoms with Gasteiger partial charge in [-0.05, 0) is 18.8 Å². The molecule has 2 N–H and O–H groups in total. The predicted octanol–water partition coefficient (Wildman–Crippen LogP) is -0.201. The SMILES string of the molecule is CC#CC#CC(C(=O)O)C(=O)O. The Labute approximate surface area is 69.2 Å². The van der Waals surface area contributed by atoms with Crippen LogP contribution in [0, 0.1) is 29.6 Å². The molecule has 0 heterocycles. The Morgan fingerprint density at radius 2 is 1.67 bits per heavy atom. The van der Waals surface area contributed by atoms with E-state index in [0.717, 1.165) is 0 Å². The highest BCUT2D eigenvalue weighted by atomic mass is 16.4. The molecule has 0 aliphatic rings. The zero-order valence-electron chi connectivity index (χ0n) is 6.29. The van der Waals surface area contributed by atoms with Crippen molar-refractivity contribution in [2.24, 2.45) is 5.92 Å². The van der Waals surface area contributed by atoms with Crippen LogP contribution in [0.25, 0.3) is 0 Å². The average Bonchev–Trinajstić information content (AvgIpc) is 1.96. The molecule has 0 rings (SSSR count). The highest BCUT2D eigenvalue weighted by Gasteiger charge is 2.22. The smallest absolute Gasteiger partial charge is 0.330 e. The van der Waals surface area contributed by atoms with Crippen LogP contribution in [0.2, 0.25) is 0 Å². The molecular weight excluding hydrogens is 160 g/mol. The number of hydrogen-bond donors (Lipinski definition) is 2. The van der Waals surface area contributed by atoms with Crippen LogP contribution in [-0.4, -0.2) is 22.2 Å². The average molecular weight is 166 g/mol. The topological polar surface area (TPSA) is 74.6 Å². The van der Waals surface area contributed by atoms with E-state index in [2.05, 4.69) is 17.8 Å². The van der Waals surface area contributed by atoms with Crippen molar-refractivity contribution in [3.63, 3.8) is 0 Å². The highest BCUT2D eigenvalue weighted by Crippen LogP contribution is 1.93. The molecule has 0 aliphatic carbocycles. The third-order valence-electron chi connectivity index (χ3n) is 0.898. The van der Waals surface area contributed by atoms with Gasteiger partial charge in [0.2, 0.25) is 5.92 Å². The molecule has 0 bridgehead atoms. The molecule has 0 saturated heterocycles. The summed E-state index contributed by atoms with van der Waals surface area (Å²) in [4.78, 5) is 20.4. The largest absolute Gasteiger partial charge is 0.480 e. The summed E-state index contributed by atoms with van der Waals surface area (Å²) in [5.41, 5.74) is 0. The van der Waals surface area contributed by atoms with Gasteiger partial charge < -0.3 is 10.2 Å². The molecule has 0 amide bonds. The maximum absolute atomic E-state index is 10.2. The van der Waals surface area contributed by atoms with E-state index in [-0.39, 0.29) is 0 Å². The maximum atomic E-state index is 10.2. The Bertz CT molecular complexity index is 293. The number of hydrogen-bond acceptors (Lipinski definition) is 2. The Morgan fingerprint density at radius 3 is 2.00 bits per heavy atom. The number of carbonyl (C=O) groups is 2. The van der Waals surface area contributed by atoms with Crippen LogP contribution >= 0.6 is 0 Å². The van der Waals surface area contributed by atoms with E-state index in [0.29, 0.717) is 0 Å². The molecule has 0 atom stereocenters. The fourth-order valence-corrected chi connectivity index (χ4v) is 0.400. The molecular formula is C8H6O4. The standard InChI is InChI=1S/C8H6O4/c1-2-3-4-5-6(7(9)10)8(11)12/h6H,1H3,(H,9,10)(H,11,12). The Kier molecular flexibility index (Phi) is 4.03. The Balaban J connectivity index is 4.55. The minimum atomic E-state index is -1.69. The van der Waals surface area contributed by atoms with Gasteiger partial charge in [-0.1, -0.05) is 11.8 Å². The molecule has 0 aromatic rings. The molecule has 0 aromatic heterocycles. The molecule has 62 valence electrons. The highest BCUT2D eigenvalue weighted by molar-refractivity contribution is 5.96. The van der Waals surface area contributed by atoms with Crippen LogP contribution in [-0.2, 0) is 9.59 Å². The molecule has 0 fully saturated rings. The first-order valence-electron chi connectivity index (χ1n) is 2.97. The minimum absolute atomic E-state index is 1.48. The molecule has 0 radical (unpaired) electrons. The van der Waals surface area contributed by atoms with Crippen LogP contribution in [0.15, 0.2) is 0 Å². The third-order valence-corrected chi connectivity index (χ3v) is 0.898. The number of carboxylic acids is 2. The third kappa shape index (κ3) is 3.28. The molecule has 4 nitrogen and oxygen atoms in total. The summed E-state index contributed by atoms with van der Waals surface area (Å²) in [6.07, 6.45) is 0. The van der Waals surface area contributed by atoms with Gasteiger partial charge in [-0.3, -0.25) is 9.59 Å². The van der Waals surface area contributed by atoms with Crippen LogP contribution in [0.4, 0.5) is 0 Å². The summed E-state index contributed by atoms with van der Waals surface area (Å²) in [6, 6.07) is 0. The van der Waals surface area contributed by atoms with E-state index in [1.165, 1.54) is 6.92 Å². The molecule has 0 aliphatic heterocycles. The van der Waals surface area contributed by atoms with Crippen LogP contribution in [0.5, 0.6) is 0 Å². The lowest BCUT2D eigenvalue weighted by molar-refractivity contribution is -0.151. The van der Waals surface area contributed by atoms with Gasteiger partial charge in [0.25, 0.3) is 0 Å². The summed E-state index contributed by atoms with van der Waals surface area (Å²) in [6.45, 7) is 1.52. The van der Waals surface area contributed by atoms with Gasteiger partial charge in [-0.15, -0.1) is 0 Å². The zero-order chi connectivity index (χ0) is 9.56. The van der Waals surface area contributed by atoms with Crippen molar-refractivity contribution >= 4 is 11.9 Å². The van der Waals surface area contributed by atoms with Gasteiger partial charge >= 0.3 is 11.9 Å². The van der Waals surface area contributed by atoms with E-state index >= 15 is 0 Å². The lowest BCUT2D eigenvalue weighted by Gasteiger charge is -1.94. The number of aliphatic carboxylic acids is 2. The Hall–Kier alpha value is -1.94. The molecule has 4 heteroatoms. The van der Waals surface area contributed by atoms with Gasteiger partial charge in [0.05, 0.1) is 0 Å². The van der Waals surface area contributed by atoms with Crippen molar-refractivity contribution in [2.75, 3.05) is 0 Å². The number of rotatable bonds is 2. The van der Waals surface area contributed by atoms with Crippen molar-refractivity contribution in [3.05, 3.63) is 0 Å². The van der Waals surface area contributed by atoms with Crippen molar-refractivity contribution in [1.82, 2.24) is 0 Å². The van der Waals surface area contributed by atoms with Gasteiger partial charge in [-0.25, -0.2) is 0 Å². The van der Waals surface area contributed by atoms with E-state index in [9.17, 15) is 9.59 Å². The summed E-state index contributed by atoms with van der Waals surface area (Å²) in [5.74, 6) is 4.12. The van der Waals surface area contributed by atoms with E-state index < -0.39 is 17.9 Å². The second-order valence-electron chi connectivity index (χ2n) is 1.75. The van der Waals surface area contributed by atoms with Crippen molar-refractivity contribution in [3.8, 4) is 23.7 Å². The molecule has 12 heavy (non-hydrogen) atoms. The predicted molar refractivity (Wildman–Crippen MR) is 40.0 cm³/mol. The zero-order valence-corrected chi connectivity index (χ0v) is 6.29. The van der Waals surface area contributed by atoms with E-state index in [4.69, 9.17) is 10.2 Å². The Morgan fingerprint density at radius 1 is 1.17 bits per heavy atom. The second kappa shape index (κ2) is 4.81. The minimum Gasteiger partial charge on any atom is -0.480 e. The normalized spacial score (nSPS) is 7.50. The van der Waals surface area contributed by atoms with Crippen molar-refractivity contribution in [2.45, 2.75) is 6.92 Å². The lowest BCUT2D eigenvalue weighted by atomic mass is 10.1. The summed E-state index contributed by atoms with van der Waals surface area (Å²) in [7, 11) is 0. The molecule has 0 saturated carbocycles. The van der Waals surface area contributed by atoms with Gasteiger partial charge in [0.1, 0.15) is 0 Å². The lowest BCUT2D eigenvalue weighted by Crippen LogP contribution is -2.21. The fourth-order valence-electron chi connectivity index (χ4n) is 0.400. The van der Waals surface area contributed by atoms with Crippen molar-refractivity contribution < 1.29 is 19.8 Å². The molecule has 0 spiro atoms.